The first-order chi connectivity index (χ1) is 13.0. The third-order valence-corrected chi connectivity index (χ3v) is 5.15. The van der Waals surface area contributed by atoms with E-state index in [1.165, 1.54) is 12.0 Å². The number of pyridine rings is 1. The van der Waals surface area contributed by atoms with Crippen molar-refractivity contribution in [2.45, 2.75) is 6.04 Å². The lowest BCUT2D eigenvalue weighted by Gasteiger charge is -2.45. The molecule has 3 amide bonds. The first-order valence-corrected chi connectivity index (χ1v) is 8.77. The lowest BCUT2D eigenvalue weighted by Crippen LogP contribution is -2.66. The van der Waals surface area contributed by atoms with Crippen molar-refractivity contribution in [1.82, 2.24) is 19.7 Å². The third-order valence-electron chi connectivity index (χ3n) is 5.15. The average Bonchev–Trinajstić information content (AvgIpc) is 2.70. The molecule has 1 aromatic carbocycles. The Hall–Kier alpha value is -3.16. The standard InChI is InChI=1S/C19H20N4O4/c1-21-11-17(24)23-8-7-22(10-15(23)19(21)26)18(25)13-9-16(27-2)20-14-6-4-3-5-12(13)14/h3-6,9,15H,7-8,10-11H2,1-2H3/t15-/m0/s1. The van der Waals surface area contributed by atoms with Crippen LogP contribution in [0.5, 0.6) is 5.88 Å². The fourth-order valence-corrected chi connectivity index (χ4v) is 3.71. The summed E-state index contributed by atoms with van der Waals surface area (Å²) in [7, 11) is 3.12. The van der Waals surface area contributed by atoms with Crippen LogP contribution in [0.3, 0.4) is 0 Å². The van der Waals surface area contributed by atoms with Crippen molar-refractivity contribution in [3.8, 4) is 5.88 Å². The van der Waals surface area contributed by atoms with Gasteiger partial charge in [-0.3, -0.25) is 14.4 Å². The molecule has 2 aromatic rings. The molecule has 1 atom stereocenters. The van der Waals surface area contributed by atoms with Gasteiger partial charge in [0.2, 0.25) is 17.7 Å². The van der Waals surface area contributed by atoms with Crippen molar-refractivity contribution in [3.05, 3.63) is 35.9 Å². The van der Waals surface area contributed by atoms with Crippen molar-refractivity contribution >= 4 is 28.6 Å². The van der Waals surface area contributed by atoms with Crippen LogP contribution in [0.1, 0.15) is 10.4 Å². The molecule has 140 valence electrons. The van der Waals surface area contributed by atoms with Gasteiger partial charge in [0, 0.05) is 31.6 Å². The third kappa shape index (κ3) is 2.87. The van der Waals surface area contributed by atoms with E-state index in [9.17, 15) is 14.4 Å². The number of carbonyl (C=O) groups excluding carboxylic acids is 3. The summed E-state index contributed by atoms with van der Waals surface area (Å²) in [5.41, 5.74) is 1.15. The summed E-state index contributed by atoms with van der Waals surface area (Å²) >= 11 is 0. The first-order valence-electron chi connectivity index (χ1n) is 8.77. The number of hydrogen-bond acceptors (Lipinski definition) is 5. The van der Waals surface area contributed by atoms with Crippen molar-refractivity contribution in [3.63, 3.8) is 0 Å². The van der Waals surface area contributed by atoms with Crippen molar-refractivity contribution in [2.75, 3.05) is 40.3 Å². The Bertz CT molecular complexity index is 944. The smallest absolute Gasteiger partial charge is 0.254 e. The summed E-state index contributed by atoms with van der Waals surface area (Å²) in [4.78, 5) is 46.9. The van der Waals surface area contributed by atoms with Crippen LogP contribution in [0.15, 0.2) is 30.3 Å². The maximum absolute atomic E-state index is 13.2. The highest BCUT2D eigenvalue weighted by Crippen LogP contribution is 2.25. The second kappa shape index (κ2) is 6.53. The molecule has 0 bridgehead atoms. The fourth-order valence-electron chi connectivity index (χ4n) is 3.71. The first kappa shape index (κ1) is 17.3. The molecular formula is C19H20N4O4. The second-order valence-corrected chi connectivity index (χ2v) is 6.78. The van der Waals surface area contributed by atoms with E-state index in [0.29, 0.717) is 30.0 Å². The molecule has 8 nitrogen and oxygen atoms in total. The molecule has 0 saturated carbocycles. The van der Waals surface area contributed by atoms with Crippen molar-refractivity contribution < 1.29 is 19.1 Å². The highest BCUT2D eigenvalue weighted by Gasteiger charge is 2.42. The maximum atomic E-state index is 13.2. The van der Waals surface area contributed by atoms with Crippen molar-refractivity contribution in [1.29, 1.82) is 0 Å². The summed E-state index contributed by atoms with van der Waals surface area (Å²) in [6.07, 6.45) is 0. The predicted molar refractivity (Wildman–Crippen MR) is 97.3 cm³/mol. The number of hydrogen-bond donors (Lipinski definition) is 0. The lowest BCUT2D eigenvalue weighted by atomic mass is 10.0. The number of ether oxygens (including phenoxy) is 1. The minimum Gasteiger partial charge on any atom is -0.481 e. The number of para-hydroxylation sites is 1. The molecule has 2 fully saturated rings. The lowest BCUT2D eigenvalue weighted by molar-refractivity contribution is -0.157. The molecule has 1 aromatic heterocycles. The molecule has 0 radical (unpaired) electrons. The summed E-state index contributed by atoms with van der Waals surface area (Å²) in [6, 6.07) is 8.37. The maximum Gasteiger partial charge on any atom is 0.254 e. The largest absolute Gasteiger partial charge is 0.481 e. The number of likely N-dealkylation sites (N-methyl/N-ethyl adjacent to an activating group) is 1. The number of benzene rings is 1. The van der Waals surface area contributed by atoms with E-state index in [2.05, 4.69) is 4.98 Å². The summed E-state index contributed by atoms with van der Waals surface area (Å²) in [5.74, 6) is -0.0474. The predicted octanol–water partition coefficient (Wildman–Crippen LogP) is 0.368. The van der Waals surface area contributed by atoms with Gasteiger partial charge in [0.05, 0.1) is 31.3 Å². The number of rotatable bonds is 2. The van der Waals surface area contributed by atoms with Gasteiger partial charge in [-0.2, -0.15) is 0 Å². The van der Waals surface area contributed by atoms with E-state index in [0.717, 1.165) is 5.39 Å². The van der Waals surface area contributed by atoms with Crippen LogP contribution in [-0.4, -0.2) is 83.8 Å². The van der Waals surface area contributed by atoms with Gasteiger partial charge in [-0.15, -0.1) is 0 Å². The number of piperazine rings is 2. The molecule has 0 N–H and O–H groups in total. The molecule has 4 rings (SSSR count). The molecule has 0 spiro atoms. The van der Waals surface area contributed by atoms with Crippen LogP contribution >= 0.6 is 0 Å². The Morgan fingerprint density at radius 1 is 1.22 bits per heavy atom. The SMILES string of the molecule is COc1cc(C(=O)N2CCN3C(=O)CN(C)C(=O)[C@@H]3C2)c2ccccc2n1. The van der Waals surface area contributed by atoms with Crippen LogP contribution in [0.25, 0.3) is 10.9 Å². The van der Waals surface area contributed by atoms with E-state index in [4.69, 9.17) is 4.74 Å². The van der Waals surface area contributed by atoms with E-state index in [-0.39, 0.29) is 30.8 Å². The number of carbonyl (C=O) groups is 3. The highest BCUT2D eigenvalue weighted by atomic mass is 16.5. The zero-order valence-corrected chi connectivity index (χ0v) is 15.2. The Morgan fingerprint density at radius 2 is 2.00 bits per heavy atom. The molecule has 27 heavy (non-hydrogen) atoms. The number of methoxy groups -OCH3 is 1. The van der Waals surface area contributed by atoms with Gasteiger partial charge in [-0.1, -0.05) is 18.2 Å². The van der Waals surface area contributed by atoms with E-state index in [1.807, 2.05) is 24.3 Å². The molecule has 2 saturated heterocycles. The summed E-state index contributed by atoms with van der Waals surface area (Å²) in [6.45, 7) is 1.02. The second-order valence-electron chi connectivity index (χ2n) is 6.78. The monoisotopic (exact) mass is 368 g/mol. The fraction of sp³-hybridized carbons (Fsp3) is 0.368. The molecule has 8 heteroatoms. The van der Waals surface area contributed by atoms with Gasteiger partial charge >= 0.3 is 0 Å². The van der Waals surface area contributed by atoms with Crippen LogP contribution < -0.4 is 4.74 Å². The molecule has 2 aliphatic rings. The van der Waals surface area contributed by atoms with Crippen molar-refractivity contribution in [2.24, 2.45) is 0 Å². The van der Waals surface area contributed by atoms with Crippen LogP contribution in [-0.2, 0) is 9.59 Å². The van der Waals surface area contributed by atoms with Crippen LogP contribution in [0.2, 0.25) is 0 Å². The van der Waals surface area contributed by atoms with E-state index < -0.39 is 6.04 Å². The average molecular weight is 368 g/mol. The van der Waals surface area contributed by atoms with Gasteiger partial charge < -0.3 is 19.4 Å². The Morgan fingerprint density at radius 3 is 2.78 bits per heavy atom. The number of amides is 3. The van der Waals surface area contributed by atoms with Crippen LogP contribution in [0.4, 0.5) is 0 Å². The van der Waals surface area contributed by atoms with Gasteiger partial charge in [0.1, 0.15) is 6.04 Å². The van der Waals surface area contributed by atoms with Crippen LogP contribution in [0, 0.1) is 0 Å². The van der Waals surface area contributed by atoms with Gasteiger partial charge in [-0.25, -0.2) is 4.98 Å². The van der Waals surface area contributed by atoms with Gasteiger partial charge in [0.15, 0.2) is 0 Å². The number of nitrogens with zero attached hydrogens (tertiary/aromatic N) is 4. The summed E-state index contributed by atoms with van der Waals surface area (Å²) < 4.78 is 5.24. The number of aromatic nitrogens is 1. The zero-order valence-electron chi connectivity index (χ0n) is 15.2. The van der Waals surface area contributed by atoms with Gasteiger partial charge in [-0.05, 0) is 6.07 Å². The summed E-state index contributed by atoms with van der Waals surface area (Å²) in [5, 5.41) is 0.730. The van der Waals surface area contributed by atoms with E-state index in [1.54, 1.807) is 22.9 Å². The zero-order chi connectivity index (χ0) is 19.1. The molecule has 2 aliphatic heterocycles. The minimum absolute atomic E-state index is 0.0785. The van der Waals surface area contributed by atoms with Gasteiger partial charge in [0.25, 0.3) is 5.91 Å². The molecular weight excluding hydrogens is 348 g/mol. The highest BCUT2D eigenvalue weighted by molar-refractivity contribution is 6.07. The molecule has 0 aliphatic carbocycles. The molecule has 0 unspecified atom stereocenters. The normalized spacial score (nSPS) is 20.1. The van der Waals surface area contributed by atoms with E-state index >= 15 is 0 Å². The Kier molecular flexibility index (Phi) is 4.18. The molecule has 3 heterocycles. The minimum atomic E-state index is -0.621. The topological polar surface area (TPSA) is 83.0 Å². The number of fused-ring (bicyclic) bond motifs is 2. The Labute approximate surface area is 156 Å². The Balaban J connectivity index is 1.67. The quantitative estimate of drug-likeness (QED) is 0.765.